The average molecular weight is 357 g/mol. The molecule has 0 atom stereocenters. The molecular formula is C12H7BrClN3OS. The van der Waals surface area contributed by atoms with Gasteiger partial charge in [0.05, 0.1) is 5.69 Å². The summed E-state index contributed by atoms with van der Waals surface area (Å²) in [6.45, 7) is 0. The summed E-state index contributed by atoms with van der Waals surface area (Å²) in [6.07, 6.45) is 0. The van der Waals surface area contributed by atoms with E-state index in [0.29, 0.717) is 16.0 Å². The molecule has 3 aromatic rings. The van der Waals surface area contributed by atoms with E-state index >= 15 is 0 Å². The topological polar surface area (TPSA) is 47.3 Å². The lowest BCUT2D eigenvalue weighted by Gasteiger charge is -2.00. The van der Waals surface area contributed by atoms with Crippen molar-refractivity contribution in [3.63, 3.8) is 0 Å². The molecule has 1 aromatic carbocycles. The summed E-state index contributed by atoms with van der Waals surface area (Å²) in [6, 6.07) is 9.75. The molecule has 0 aliphatic rings. The number of benzene rings is 1. The molecular weight excluding hydrogens is 350 g/mol. The third-order valence-electron chi connectivity index (χ3n) is 2.60. The standard InChI is InChI=1S/C12H7BrClN3OS/c13-6-8-9(14)10(18)15-12-17(8)16-11(19-12)7-4-2-1-3-5-7/h1-5H,6H2. The zero-order valence-electron chi connectivity index (χ0n) is 9.51. The zero-order chi connectivity index (χ0) is 13.4. The summed E-state index contributed by atoms with van der Waals surface area (Å²) in [7, 11) is 0. The van der Waals surface area contributed by atoms with Crippen molar-refractivity contribution in [1.82, 2.24) is 14.6 Å². The Balaban J connectivity index is 2.30. The first kappa shape index (κ1) is 12.8. The van der Waals surface area contributed by atoms with Gasteiger partial charge in [0.25, 0.3) is 5.56 Å². The summed E-state index contributed by atoms with van der Waals surface area (Å²) >= 11 is 10.7. The van der Waals surface area contributed by atoms with Crippen LogP contribution in [-0.2, 0) is 5.33 Å². The van der Waals surface area contributed by atoms with Gasteiger partial charge in [-0.25, -0.2) is 4.52 Å². The van der Waals surface area contributed by atoms with Gasteiger partial charge in [0.15, 0.2) is 0 Å². The number of hydrogen-bond donors (Lipinski definition) is 0. The molecule has 96 valence electrons. The predicted molar refractivity (Wildman–Crippen MR) is 80.2 cm³/mol. The van der Waals surface area contributed by atoms with Crippen molar-refractivity contribution in [2.75, 3.05) is 0 Å². The highest BCUT2D eigenvalue weighted by atomic mass is 79.9. The largest absolute Gasteiger partial charge is 0.293 e. The second-order valence-electron chi connectivity index (χ2n) is 3.78. The molecule has 0 radical (unpaired) electrons. The zero-order valence-corrected chi connectivity index (χ0v) is 12.7. The van der Waals surface area contributed by atoms with E-state index in [0.717, 1.165) is 10.6 Å². The van der Waals surface area contributed by atoms with Crippen LogP contribution in [0.3, 0.4) is 0 Å². The Kier molecular flexibility index (Phi) is 3.38. The van der Waals surface area contributed by atoms with Crippen molar-refractivity contribution in [3.05, 3.63) is 51.4 Å². The van der Waals surface area contributed by atoms with E-state index < -0.39 is 5.56 Å². The summed E-state index contributed by atoms with van der Waals surface area (Å²) in [4.78, 5) is 16.1. The highest BCUT2D eigenvalue weighted by molar-refractivity contribution is 9.08. The van der Waals surface area contributed by atoms with Crippen LogP contribution >= 0.6 is 38.9 Å². The molecule has 0 saturated heterocycles. The van der Waals surface area contributed by atoms with Gasteiger partial charge >= 0.3 is 0 Å². The van der Waals surface area contributed by atoms with Crippen LogP contribution in [-0.4, -0.2) is 14.6 Å². The van der Waals surface area contributed by atoms with Crippen molar-refractivity contribution in [2.24, 2.45) is 0 Å². The molecule has 0 unspecified atom stereocenters. The molecule has 7 heteroatoms. The van der Waals surface area contributed by atoms with Crippen molar-refractivity contribution >= 4 is 43.8 Å². The molecule has 4 nitrogen and oxygen atoms in total. The van der Waals surface area contributed by atoms with E-state index in [2.05, 4.69) is 26.0 Å². The summed E-state index contributed by atoms with van der Waals surface area (Å²) in [5.74, 6) is 0. The maximum Gasteiger partial charge on any atom is 0.293 e. The minimum Gasteiger partial charge on any atom is -0.266 e. The van der Waals surface area contributed by atoms with Gasteiger partial charge in [-0.2, -0.15) is 10.1 Å². The lowest BCUT2D eigenvalue weighted by molar-refractivity contribution is 0.886. The van der Waals surface area contributed by atoms with Gasteiger partial charge in [0.2, 0.25) is 4.96 Å². The first-order chi connectivity index (χ1) is 9.20. The molecule has 0 aliphatic heterocycles. The second kappa shape index (κ2) is 5.03. The number of nitrogens with zero attached hydrogens (tertiary/aromatic N) is 3. The summed E-state index contributed by atoms with van der Waals surface area (Å²) in [5, 5.41) is 5.84. The number of hydrogen-bond acceptors (Lipinski definition) is 4. The lowest BCUT2D eigenvalue weighted by Crippen LogP contribution is -2.13. The van der Waals surface area contributed by atoms with Crippen molar-refractivity contribution in [3.8, 4) is 10.6 Å². The predicted octanol–water partition coefficient (Wildman–Crippen LogP) is 3.37. The van der Waals surface area contributed by atoms with Crippen LogP contribution in [0.15, 0.2) is 35.1 Å². The first-order valence-corrected chi connectivity index (χ1v) is 7.72. The van der Waals surface area contributed by atoms with Crippen LogP contribution in [0.4, 0.5) is 0 Å². The Morgan fingerprint density at radius 3 is 2.74 bits per heavy atom. The molecule has 3 rings (SSSR count). The van der Waals surface area contributed by atoms with Gasteiger partial charge in [-0.15, -0.1) is 0 Å². The quantitative estimate of drug-likeness (QED) is 0.661. The molecule has 0 saturated carbocycles. The fraction of sp³-hybridized carbons (Fsp3) is 0.0833. The fourth-order valence-electron chi connectivity index (χ4n) is 1.69. The number of fused-ring (bicyclic) bond motifs is 1. The Bertz CT molecular complexity index is 800. The van der Waals surface area contributed by atoms with Gasteiger partial charge < -0.3 is 0 Å². The fourth-order valence-corrected chi connectivity index (χ4v) is 3.48. The number of aromatic nitrogens is 3. The van der Waals surface area contributed by atoms with Crippen LogP contribution < -0.4 is 5.56 Å². The maximum absolute atomic E-state index is 11.7. The first-order valence-electron chi connectivity index (χ1n) is 5.40. The summed E-state index contributed by atoms with van der Waals surface area (Å²) in [5.41, 5.74) is 1.19. The van der Waals surface area contributed by atoms with Gasteiger partial charge in [-0.3, -0.25) is 4.79 Å². The highest BCUT2D eigenvalue weighted by Gasteiger charge is 2.14. The van der Waals surface area contributed by atoms with Crippen LogP contribution in [0.25, 0.3) is 15.5 Å². The molecule has 19 heavy (non-hydrogen) atoms. The van der Waals surface area contributed by atoms with Crippen LogP contribution in [0.1, 0.15) is 5.69 Å². The van der Waals surface area contributed by atoms with E-state index in [1.54, 1.807) is 4.52 Å². The number of alkyl halides is 1. The number of halogens is 2. The van der Waals surface area contributed by atoms with E-state index in [-0.39, 0.29) is 5.02 Å². The Morgan fingerprint density at radius 2 is 2.05 bits per heavy atom. The van der Waals surface area contributed by atoms with Crippen LogP contribution in [0.2, 0.25) is 5.02 Å². The van der Waals surface area contributed by atoms with Gasteiger partial charge in [0, 0.05) is 10.9 Å². The molecule has 0 spiro atoms. The molecule has 2 aromatic heterocycles. The SMILES string of the molecule is O=c1nc2sc(-c3ccccc3)nn2c(CBr)c1Cl. The van der Waals surface area contributed by atoms with Gasteiger partial charge in [-0.1, -0.05) is 69.2 Å². The molecule has 0 aliphatic carbocycles. The minimum atomic E-state index is -0.417. The molecule has 0 bridgehead atoms. The van der Waals surface area contributed by atoms with Crippen molar-refractivity contribution in [2.45, 2.75) is 5.33 Å². The second-order valence-corrected chi connectivity index (χ2v) is 5.67. The van der Waals surface area contributed by atoms with E-state index in [4.69, 9.17) is 11.6 Å². The summed E-state index contributed by atoms with van der Waals surface area (Å²) < 4.78 is 1.62. The lowest BCUT2D eigenvalue weighted by atomic mass is 10.2. The Morgan fingerprint density at radius 1 is 1.32 bits per heavy atom. The molecule has 0 fully saturated rings. The molecule has 0 N–H and O–H groups in total. The third-order valence-corrected chi connectivity index (χ3v) is 4.47. The monoisotopic (exact) mass is 355 g/mol. The highest BCUT2D eigenvalue weighted by Crippen LogP contribution is 2.26. The normalized spacial score (nSPS) is 11.1. The van der Waals surface area contributed by atoms with E-state index in [9.17, 15) is 4.79 Å². The van der Waals surface area contributed by atoms with Crippen LogP contribution in [0, 0.1) is 0 Å². The number of rotatable bonds is 2. The van der Waals surface area contributed by atoms with Crippen LogP contribution in [0.5, 0.6) is 0 Å². The Hall–Kier alpha value is -1.24. The van der Waals surface area contributed by atoms with E-state index in [1.165, 1.54) is 11.3 Å². The van der Waals surface area contributed by atoms with Gasteiger partial charge in [0.1, 0.15) is 10.0 Å². The molecule has 2 heterocycles. The average Bonchev–Trinajstić information content (AvgIpc) is 2.84. The van der Waals surface area contributed by atoms with Crippen molar-refractivity contribution < 1.29 is 0 Å². The van der Waals surface area contributed by atoms with Gasteiger partial charge in [-0.05, 0) is 0 Å². The molecule has 0 amide bonds. The van der Waals surface area contributed by atoms with E-state index in [1.807, 2.05) is 30.3 Å². The van der Waals surface area contributed by atoms with Crippen molar-refractivity contribution in [1.29, 1.82) is 0 Å². The maximum atomic E-state index is 11.7. The minimum absolute atomic E-state index is 0.110. The third kappa shape index (κ3) is 2.20. The smallest absolute Gasteiger partial charge is 0.266 e. The Labute approximate surface area is 125 Å².